The number of primary amides is 1. The molecule has 0 aliphatic heterocycles. The minimum absolute atomic E-state index is 0.0224. The van der Waals surface area contributed by atoms with Crippen LogP contribution < -0.4 is 11.1 Å². The molecular weight excluding hydrogens is 368 g/mol. The van der Waals surface area contributed by atoms with Crippen molar-refractivity contribution in [1.29, 1.82) is 0 Å². The summed E-state index contributed by atoms with van der Waals surface area (Å²) in [5.41, 5.74) is 4.06. The van der Waals surface area contributed by atoms with Gasteiger partial charge in [-0.15, -0.1) is 0 Å². The van der Waals surface area contributed by atoms with Crippen molar-refractivity contribution >= 4 is 39.9 Å². The van der Waals surface area contributed by atoms with Gasteiger partial charge in [0.15, 0.2) is 0 Å². The number of benzene rings is 1. The fraction of sp³-hybridized carbons (Fsp3) is 0.364. The number of amides is 1. The van der Waals surface area contributed by atoms with Crippen LogP contribution in [0.3, 0.4) is 0 Å². The van der Waals surface area contributed by atoms with E-state index in [4.69, 9.17) is 5.73 Å². The predicted octanol–water partition coefficient (Wildman–Crippen LogP) is 2.40. The van der Waals surface area contributed by atoms with Crippen molar-refractivity contribution in [3.05, 3.63) is 31.6 Å². The first-order chi connectivity index (χ1) is 8.62. The first-order valence-corrected chi connectivity index (χ1v) is 6.40. The Morgan fingerprint density at radius 1 is 1.58 bits per heavy atom. The molecule has 0 saturated carbocycles. The van der Waals surface area contributed by atoms with E-state index in [1.165, 1.54) is 0 Å². The fourth-order valence-electron chi connectivity index (χ4n) is 1.63. The van der Waals surface area contributed by atoms with Gasteiger partial charge in [-0.25, -0.2) is 4.39 Å². The second kappa shape index (κ2) is 5.68. The summed E-state index contributed by atoms with van der Waals surface area (Å²) in [6, 6.07) is 2.18. The van der Waals surface area contributed by atoms with E-state index in [1.54, 1.807) is 36.4 Å². The monoisotopic (exact) mass is 381 g/mol. The molecule has 0 aliphatic rings. The maximum Gasteiger partial charge on any atom is 0.293 e. The standard InChI is InChI=1S/C11H13FIN3O3/c1-11(2,5-10(14)17)15-8-3-6(12)7(13)4-9(8)16(18)19/h3-4,15H,5H2,1-2H3,(H2,14,17). The van der Waals surface area contributed by atoms with E-state index in [0.717, 1.165) is 12.1 Å². The number of nitro benzene ring substituents is 1. The topological polar surface area (TPSA) is 98.3 Å². The highest BCUT2D eigenvalue weighted by Gasteiger charge is 2.25. The molecule has 0 fully saturated rings. The van der Waals surface area contributed by atoms with Gasteiger partial charge in [0, 0.05) is 24.1 Å². The van der Waals surface area contributed by atoms with Crippen LogP contribution >= 0.6 is 22.6 Å². The Morgan fingerprint density at radius 3 is 2.63 bits per heavy atom. The maximum atomic E-state index is 13.5. The van der Waals surface area contributed by atoms with Crippen LogP contribution in [0.5, 0.6) is 0 Å². The van der Waals surface area contributed by atoms with Crippen molar-refractivity contribution < 1.29 is 14.1 Å². The SMILES string of the molecule is CC(C)(CC(N)=O)Nc1cc(F)c(I)cc1[N+](=O)[O-]. The summed E-state index contributed by atoms with van der Waals surface area (Å²) in [6.45, 7) is 3.30. The molecule has 0 saturated heterocycles. The van der Waals surface area contributed by atoms with Gasteiger partial charge >= 0.3 is 0 Å². The highest BCUT2D eigenvalue weighted by atomic mass is 127. The van der Waals surface area contributed by atoms with Gasteiger partial charge in [-0.05, 0) is 36.4 Å². The number of anilines is 1. The molecule has 1 aromatic carbocycles. The van der Waals surface area contributed by atoms with Crippen molar-refractivity contribution in [2.24, 2.45) is 5.73 Å². The van der Waals surface area contributed by atoms with Crippen LogP contribution in [0, 0.1) is 19.5 Å². The number of rotatable bonds is 5. The van der Waals surface area contributed by atoms with Gasteiger partial charge in [0.25, 0.3) is 5.69 Å². The van der Waals surface area contributed by atoms with Crippen LogP contribution in [0.25, 0.3) is 0 Å². The van der Waals surface area contributed by atoms with Crippen LogP contribution in [0.1, 0.15) is 20.3 Å². The minimum Gasteiger partial charge on any atom is -0.374 e. The van der Waals surface area contributed by atoms with Crippen molar-refractivity contribution in [3.8, 4) is 0 Å². The Kier molecular flexibility index (Phi) is 4.66. The molecule has 19 heavy (non-hydrogen) atoms. The molecular formula is C11H13FIN3O3. The third-order valence-electron chi connectivity index (χ3n) is 2.32. The maximum absolute atomic E-state index is 13.5. The molecule has 0 aromatic heterocycles. The lowest BCUT2D eigenvalue weighted by Crippen LogP contribution is -2.36. The number of hydrogen-bond donors (Lipinski definition) is 2. The van der Waals surface area contributed by atoms with Gasteiger partial charge in [-0.1, -0.05) is 0 Å². The number of nitrogens with one attached hydrogen (secondary N) is 1. The van der Waals surface area contributed by atoms with Crippen LogP contribution in [0.2, 0.25) is 0 Å². The molecule has 1 aromatic rings. The molecule has 0 atom stereocenters. The molecule has 0 bridgehead atoms. The van der Waals surface area contributed by atoms with E-state index in [-0.39, 0.29) is 21.4 Å². The first kappa shape index (κ1) is 15.6. The molecule has 104 valence electrons. The van der Waals surface area contributed by atoms with Crippen LogP contribution in [0.4, 0.5) is 15.8 Å². The lowest BCUT2D eigenvalue weighted by Gasteiger charge is -2.26. The predicted molar refractivity (Wildman–Crippen MR) is 77.3 cm³/mol. The molecule has 1 rings (SSSR count). The molecule has 0 aliphatic carbocycles. The van der Waals surface area contributed by atoms with Crippen molar-refractivity contribution in [3.63, 3.8) is 0 Å². The summed E-state index contributed by atoms with van der Waals surface area (Å²) in [6.07, 6.45) is -0.0300. The highest BCUT2D eigenvalue weighted by molar-refractivity contribution is 14.1. The van der Waals surface area contributed by atoms with Gasteiger partial charge in [0.2, 0.25) is 5.91 Å². The summed E-state index contributed by atoms with van der Waals surface area (Å²) in [5.74, 6) is -1.12. The van der Waals surface area contributed by atoms with Crippen LogP contribution in [-0.4, -0.2) is 16.4 Å². The number of nitro groups is 1. The van der Waals surface area contributed by atoms with E-state index < -0.39 is 22.2 Å². The van der Waals surface area contributed by atoms with E-state index in [1.807, 2.05) is 0 Å². The molecule has 0 unspecified atom stereocenters. The third kappa shape index (κ3) is 4.30. The average Bonchev–Trinajstić information content (AvgIpc) is 2.19. The van der Waals surface area contributed by atoms with Crippen molar-refractivity contribution in [2.45, 2.75) is 25.8 Å². The van der Waals surface area contributed by atoms with Gasteiger partial charge < -0.3 is 11.1 Å². The fourth-order valence-corrected chi connectivity index (χ4v) is 2.08. The second-order valence-electron chi connectivity index (χ2n) is 4.69. The lowest BCUT2D eigenvalue weighted by atomic mass is 9.99. The summed E-state index contributed by atoms with van der Waals surface area (Å²) >= 11 is 1.68. The first-order valence-electron chi connectivity index (χ1n) is 5.32. The largest absolute Gasteiger partial charge is 0.374 e. The Labute approximate surface area is 122 Å². The van der Waals surface area contributed by atoms with Crippen LogP contribution in [-0.2, 0) is 4.79 Å². The summed E-state index contributed by atoms with van der Waals surface area (Å²) in [5, 5.41) is 13.7. The van der Waals surface area contributed by atoms with E-state index in [2.05, 4.69) is 5.32 Å². The molecule has 3 N–H and O–H groups in total. The number of halogens is 2. The van der Waals surface area contributed by atoms with Gasteiger partial charge in [-0.3, -0.25) is 14.9 Å². The Morgan fingerprint density at radius 2 is 2.16 bits per heavy atom. The van der Waals surface area contributed by atoms with Crippen molar-refractivity contribution in [2.75, 3.05) is 5.32 Å². The van der Waals surface area contributed by atoms with Crippen molar-refractivity contribution in [1.82, 2.24) is 0 Å². The molecule has 1 amide bonds. The van der Waals surface area contributed by atoms with E-state index in [9.17, 15) is 19.3 Å². The van der Waals surface area contributed by atoms with E-state index >= 15 is 0 Å². The second-order valence-corrected chi connectivity index (χ2v) is 5.85. The van der Waals surface area contributed by atoms with Crippen LogP contribution in [0.15, 0.2) is 12.1 Å². The van der Waals surface area contributed by atoms with Gasteiger partial charge in [0.1, 0.15) is 11.5 Å². The third-order valence-corrected chi connectivity index (χ3v) is 3.15. The van der Waals surface area contributed by atoms with Gasteiger partial charge in [-0.2, -0.15) is 0 Å². The molecule has 0 spiro atoms. The summed E-state index contributed by atoms with van der Waals surface area (Å²) in [4.78, 5) is 21.3. The average molecular weight is 381 g/mol. The number of hydrogen-bond acceptors (Lipinski definition) is 4. The Hall–Kier alpha value is -1.45. The lowest BCUT2D eigenvalue weighted by molar-refractivity contribution is -0.384. The number of carbonyl (C=O) groups excluding carboxylic acids is 1. The quantitative estimate of drug-likeness (QED) is 0.465. The van der Waals surface area contributed by atoms with Gasteiger partial charge in [0.05, 0.1) is 8.49 Å². The van der Waals surface area contributed by atoms with E-state index in [0.29, 0.717) is 0 Å². The summed E-state index contributed by atoms with van der Waals surface area (Å²) < 4.78 is 13.7. The Bertz CT molecular complexity index is 534. The minimum atomic E-state index is -0.810. The zero-order valence-corrected chi connectivity index (χ0v) is 12.5. The Balaban J connectivity index is 3.16. The summed E-state index contributed by atoms with van der Waals surface area (Å²) in [7, 11) is 0. The zero-order valence-electron chi connectivity index (χ0n) is 10.4. The number of nitrogens with zero attached hydrogens (tertiary/aromatic N) is 1. The molecule has 8 heteroatoms. The molecule has 0 radical (unpaired) electrons. The zero-order chi connectivity index (χ0) is 14.8. The number of carbonyl (C=O) groups is 1. The number of nitrogens with two attached hydrogens (primary N) is 1. The highest BCUT2D eigenvalue weighted by Crippen LogP contribution is 2.31. The smallest absolute Gasteiger partial charge is 0.293 e. The normalized spacial score (nSPS) is 11.2. The molecule has 0 heterocycles. The molecule has 6 nitrogen and oxygen atoms in total.